The molecule has 0 spiro atoms. The number of carbonyl (C=O) groups excluding carboxylic acids is 2. The van der Waals surface area contributed by atoms with Crippen molar-refractivity contribution in [2.75, 3.05) is 13.1 Å². The van der Waals surface area contributed by atoms with Crippen LogP contribution in [0.2, 0.25) is 0 Å². The van der Waals surface area contributed by atoms with Crippen molar-refractivity contribution in [3.8, 4) is 0 Å². The van der Waals surface area contributed by atoms with Gasteiger partial charge in [-0.2, -0.15) is 0 Å². The molecule has 0 aliphatic heterocycles. The van der Waals surface area contributed by atoms with Crippen LogP contribution in [0.25, 0.3) is 0 Å². The Bertz CT molecular complexity index is 215. The number of nitrogens with one attached hydrogen (secondary N) is 2. The minimum Gasteiger partial charge on any atom is -0.356 e. The summed E-state index contributed by atoms with van der Waals surface area (Å²) in [6, 6.07) is 0. The van der Waals surface area contributed by atoms with Crippen LogP contribution in [-0.4, -0.2) is 24.9 Å². The molecular weight excluding hydrogens is 204 g/mol. The molecule has 0 aliphatic carbocycles. The van der Waals surface area contributed by atoms with E-state index in [4.69, 9.17) is 0 Å². The molecule has 0 heterocycles. The van der Waals surface area contributed by atoms with Gasteiger partial charge in [-0.1, -0.05) is 20.8 Å². The lowest BCUT2D eigenvalue weighted by Gasteiger charge is -2.07. The summed E-state index contributed by atoms with van der Waals surface area (Å²) in [4.78, 5) is 22.5. The van der Waals surface area contributed by atoms with Crippen LogP contribution in [0, 0.1) is 5.92 Å². The van der Waals surface area contributed by atoms with Crippen LogP contribution >= 0.6 is 0 Å². The zero-order valence-corrected chi connectivity index (χ0v) is 10.6. The second-order valence-corrected chi connectivity index (χ2v) is 4.40. The van der Waals surface area contributed by atoms with Crippen LogP contribution in [0.1, 0.15) is 46.5 Å². The number of rotatable bonds is 8. The molecule has 0 aromatic carbocycles. The second kappa shape index (κ2) is 9.19. The van der Waals surface area contributed by atoms with Crippen LogP contribution in [0.5, 0.6) is 0 Å². The van der Waals surface area contributed by atoms with E-state index in [2.05, 4.69) is 10.6 Å². The maximum absolute atomic E-state index is 11.3. The van der Waals surface area contributed by atoms with Gasteiger partial charge in [-0.15, -0.1) is 0 Å². The Morgan fingerprint density at radius 2 is 1.69 bits per heavy atom. The quantitative estimate of drug-likeness (QED) is 0.618. The minimum atomic E-state index is 0.0694. The highest BCUT2D eigenvalue weighted by Gasteiger charge is 2.04. The lowest BCUT2D eigenvalue weighted by atomic mass is 10.1. The number of hydrogen-bond acceptors (Lipinski definition) is 2. The molecule has 0 saturated heterocycles. The van der Waals surface area contributed by atoms with E-state index in [-0.39, 0.29) is 11.8 Å². The molecule has 2 N–H and O–H groups in total. The van der Waals surface area contributed by atoms with Gasteiger partial charge in [0.2, 0.25) is 11.8 Å². The summed E-state index contributed by atoms with van der Waals surface area (Å²) in [5.74, 6) is 0.525. The van der Waals surface area contributed by atoms with E-state index in [0.29, 0.717) is 31.7 Å². The summed E-state index contributed by atoms with van der Waals surface area (Å²) in [5, 5.41) is 5.61. The minimum absolute atomic E-state index is 0.0694. The second-order valence-electron chi connectivity index (χ2n) is 4.40. The lowest BCUT2D eigenvalue weighted by Crippen LogP contribution is -2.28. The van der Waals surface area contributed by atoms with E-state index in [1.54, 1.807) is 0 Å². The molecule has 0 aromatic heterocycles. The van der Waals surface area contributed by atoms with Gasteiger partial charge in [-0.05, 0) is 18.8 Å². The first-order valence-electron chi connectivity index (χ1n) is 6.09. The van der Waals surface area contributed by atoms with Crippen LogP contribution in [0.15, 0.2) is 0 Å². The first-order valence-corrected chi connectivity index (χ1v) is 6.09. The third-order valence-corrected chi connectivity index (χ3v) is 2.07. The van der Waals surface area contributed by atoms with Crippen molar-refractivity contribution >= 4 is 11.8 Å². The maximum atomic E-state index is 11.3. The zero-order chi connectivity index (χ0) is 12.4. The van der Waals surface area contributed by atoms with Gasteiger partial charge in [-0.3, -0.25) is 9.59 Å². The Kier molecular flexibility index (Phi) is 8.58. The highest BCUT2D eigenvalue weighted by Crippen LogP contribution is 1.98. The highest BCUT2D eigenvalue weighted by molar-refractivity contribution is 5.77. The molecular formula is C12H24N2O2. The van der Waals surface area contributed by atoms with Crippen molar-refractivity contribution in [1.82, 2.24) is 10.6 Å². The molecule has 0 atom stereocenters. The Morgan fingerprint density at radius 3 is 2.25 bits per heavy atom. The average Bonchev–Trinajstić information content (AvgIpc) is 2.20. The fraction of sp³-hybridized carbons (Fsp3) is 0.833. The van der Waals surface area contributed by atoms with Crippen LogP contribution in [0.4, 0.5) is 0 Å². The van der Waals surface area contributed by atoms with Gasteiger partial charge in [0, 0.05) is 25.9 Å². The Labute approximate surface area is 98.2 Å². The average molecular weight is 228 g/mol. The molecule has 0 fully saturated rings. The van der Waals surface area contributed by atoms with Crippen molar-refractivity contribution in [2.45, 2.75) is 46.5 Å². The van der Waals surface area contributed by atoms with Crippen molar-refractivity contribution in [2.24, 2.45) is 5.92 Å². The molecule has 16 heavy (non-hydrogen) atoms. The van der Waals surface area contributed by atoms with Crippen LogP contribution in [0.3, 0.4) is 0 Å². The smallest absolute Gasteiger partial charge is 0.220 e. The molecule has 94 valence electrons. The van der Waals surface area contributed by atoms with E-state index in [9.17, 15) is 9.59 Å². The predicted octanol–water partition coefficient (Wildman–Crippen LogP) is 1.46. The molecule has 0 saturated carbocycles. The standard InChI is InChI=1S/C12H24N2O2/c1-4-7-13-11(15)6-5-8-14-12(16)9-10(2)3/h10H,4-9H2,1-3H3,(H,13,15)(H,14,16). The van der Waals surface area contributed by atoms with E-state index < -0.39 is 0 Å². The van der Waals surface area contributed by atoms with Gasteiger partial charge in [0.1, 0.15) is 0 Å². The van der Waals surface area contributed by atoms with Crippen molar-refractivity contribution < 1.29 is 9.59 Å². The van der Waals surface area contributed by atoms with E-state index in [1.807, 2.05) is 20.8 Å². The van der Waals surface area contributed by atoms with Gasteiger partial charge < -0.3 is 10.6 Å². The van der Waals surface area contributed by atoms with E-state index in [0.717, 1.165) is 13.0 Å². The van der Waals surface area contributed by atoms with E-state index >= 15 is 0 Å². The third-order valence-electron chi connectivity index (χ3n) is 2.07. The number of carbonyl (C=O) groups is 2. The molecule has 0 radical (unpaired) electrons. The molecule has 4 nitrogen and oxygen atoms in total. The van der Waals surface area contributed by atoms with Crippen LogP contribution < -0.4 is 10.6 Å². The molecule has 2 amide bonds. The summed E-state index contributed by atoms with van der Waals surface area (Å²) >= 11 is 0. The van der Waals surface area contributed by atoms with Gasteiger partial charge in [-0.25, -0.2) is 0 Å². The molecule has 0 unspecified atom stereocenters. The fourth-order valence-corrected chi connectivity index (χ4v) is 1.27. The zero-order valence-electron chi connectivity index (χ0n) is 10.6. The molecule has 0 aromatic rings. The summed E-state index contributed by atoms with van der Waals surface area (Å²) in [7, 11) is 0. The monoisotopic (exact) mass is 228 g/mol. The third kappa shape index (κ3) is 9.49. The summed E-state index contributed by atoms with van der Waals surface area (Å²) < 4.78 is 0. The Hall–Kier alpha value is -1.06. The first kappa shape index (κ1) is 14.9. The SMILES string of the molecule is CCCNC(=O)CCCNC(=O)CC(C)C. The molecule has 4 heteroatoms. The fourth-order valence-electron chi connectivity index (χ4n) is 1.27. The summed E-state index contributed by atoms with van der Waals surface area (Å²) in [6.45, 7) is 7.37. The van der Waals surface area contributed by atoms with Crippen molar-refractivity contribution in [3.63, 3.8) is 0 Å². The van der Waals surface area contributed by atoms with Gasteiger partial charge in [0.15, 0.2) is 0 Å². The van der Waals surface area contributed by atoms with Crippen molar-refractivity contribution in [1.29, 1.82) is 0 Å². The Morgan fingerprint density at radius 1 is 1.06 bits per heavy atom. The van der Waals surface area contributed by atoms with Crippen molar-refractivity contribution in [3.05, 3.63) is 0 Å². The number of hydrogen-bond donors (Lipinski definition) is 2. The van der Waals surface area contributed by atoms with Gasteiger partial charge >= 0.3 is 0 Å². The van der Waals surface area contributed by atoms with E-state index in [1.165, 1.54) is 0 Å². The number of amides is 2. The van der Waals surface area contributed by atoms with Gasteiger partial charge in [0.05, 0.1) is 0 Å². The predicted molar refractivity (Wildman–Crippen MR) is 65.0 cm³/mol. The normalized spacial score (nSPS) is 10.2. The summed E-state index contributed by atoms with van der Waals surface area (Å²) in [6.07, 6.45) is 2.71. The Balaban J connectivity index is 3.38. The van der Waals surface area contributed by atoms with Crippen LogP contribution in [-0.2, 0) is 9.59 Å². The van der Waals surface area contributed by atoms with Gasteiger partial charge in [0.25, 0.3) is 0 Å². The largest absolute Gasteiger partial charge is 0.356 e. The molecule has 0 aliphatic rings. The molecule has 0 rings (SSSR count). The molecule has 0 bridgehead atoms. The first-order chi connectivity index (χ1) is 7.56. The highest BCUT2D eigenvalue weighted by atomic mass is 16.2. The topological polar surface area (TPSA) is 58.2 Å². The maximum Gasteiger partial charge on any atom is 0.220 e. The summed E-state index contributed by atoms with van der Waals surface area (Å²) in [5.41, 5.74) is 0. The lowest BCUT2D eigenvalue weighted by molar-refractivity contribution is -0.123.